The number of aromatic nitrogens is 1. The van der Waals surface area contributed by atoms with Gasteiger partial charge in [-0.1, -0.05) is 36.4 Å². The third-order valence-electron chi connectivity index (χ3n) is 5.98. The van der Waals surface area contributed by atoms with E-state index in [4.69, 9.17) is 0 Å². The lowest BCUT2D eigenvalue weighted by Crippen LogP contribution is -2.32. The number of thiophene rings is 1. The molecule has 2 heterocycles. The first-order chi connectivity index (χ1) is 17.6. The molecule has 10 heteroatoms. The minimum Gasteiger partial charge on any atom is -0.331 e. The lowest BCUT2D eigenvalue weighted by molar-refractivity contribution is -0.113. The van der Waals surface area contributed by atoms with Crippen molar-refractivity contribution in [3.63, 3.8) is 0 Å². The van der Waals surface area contributed by atoms with Crippen molar-refractivity contribution in [1.82, 2.24) is 9.29 Å². The van der Waals surface area contributed by atoms with Crippen LogP contribution in [0.15, 0.2) is 72.1 Å². The number of fused-ring (bicyclic) bond motifs is 1. The highest BCUT2D eigenvalue weighted by Gasteiger charge is 2.30. The van der Waals surface area contributed by atoms with Crippen LogP contribution in [-0.2, 0) is 21.4 Å². The molecule has 2 aromatic heterocycles. The van der Waals surface area contributed by atoms with Gasteiger partial charge in [-0.3, -0.25) is 9.59 Å². The average Bonchev–Trinajstić information content (AvgIpc) is 3.47. The summed E-state index contributed by atoms with van der Waals surface area (Å²) in [4.78, 5) is 27.4. The fourth-order valence-electron chi connectivity index (χ4n) is 4.43. The van der Waals surface area contributed by atoms with Gasteiger partial charge in [0.25, 0.3) is 5.91 Å². The molecular formula is C27H20F2N2O4S2. The maximum atomic E-state index is 14.7. The Morgan fingerprint density at radius 1 is 1.14 bits per heavy atom. The first-order valence-corrected chi connectivity index (χ1v) is 14.0. The van der Waals surface area contributed by atoms with Crippen molar-refractivity contribution >= 4 is 49.5 Å². The van der Waals surface area contributed by atoms with E-state index in [0.29, 0.717) is 10.9 Å². The largest absolute Gasteiger partial charge is 0.331 e. The number of benzene rings is 2. The van der Waals surface area contributed by atoms with Gasteiger partial charge >= 0.3 is 0 Å². The molecule has 0 bridgehead atoms. The van der Waals surface area contributed by atoms with Crippen LogP contribution in [0.25, 0.3) is 26.9 Å². The number of nitrogens with zero attached hydrogens (tertiary/aromatic N) is 1. The molecule has 1 aliphatic rings. The number of sulfonamides is 1. The van der Waals surface area contributed by atoms with Crippen molar-refractivity contribution in [3.8, 4) is 10.4 Å². The fraction of sp³-hybridized carbons (Fsp3) is 0.111. The van der Waals surface area contributed by atoms with Crippen molar-refractivity contribution < 1.29 is 26.8 Å². The van der Waals surface area contributed by atoms with Crippen molar-refractivity contribution in [2.45, 2.75) is 13.0 Å². The summed E-state index contributed by atoms with van der Waals surface area (Å²) in [6.45, 7) is -0.204. The number of allylic oxidation sites excluding steroid dienone is 4. The number of rotatable bonds is 6. The van der Waals surface area contributed by atoms with Gasteiger partial charge in [-0.15, -0.1) is 11.3 Å². The Kier molecular flexibility index (Phi) is 6.38. The maximum absolute atomic E-state index is 14.7. The number of carbonyl (C=O) groups excluding carboxylic acids is 2. The summed E-state index contributed by atoms with van der Waals surface area (Å²) >= 11 is 1.51. The summed E-state index contributed by atoms with van der Waals surface area (Å²) in [6, 6.07) is 12.4. The Hall–Kier alpha value is -3.89. The van der Waals surface area contributed by atoms with Crippen LogP contribution in [-0.4, -0.2) is 30.9 Å². The summed E-state index contributed by atoms with van der Waals surface area (Å²) in [5, 5.41) is 2.45. The molecule has 0 aliphatic heterocycles. The van der Waals surface area contributed by atoms with Gasteiger partial charge in [-0.05, 0) is 35.2 Å². The highest BCUT2D eigenvalue weighted by molar-refractivity contribution is 7.89. The minimum absolute atomic E-state index is 0.0874. The molecule has 6 nitrogen and oxygen atoms in total. The molecule has 1 aliphatic carbocycles. The Bertz CT molecular complexity index is 1730. The first kappa shape index (κ1) is 24.8. The SMILES string of the molecule is CS(=O)(=O)NC(=O)c1c(C2=CC=CCC2=O)c2cc(-c3cccs3)ccc2n1Cc1ccc(F)cc1F. The number of hydrogen-bond donors (Lipinski definition) is 1. The van der Waals surface area contributed by atoms with Crippen LogP contribution >= 0.6 is 11.3 Å². The van der Waals surface area contributed by atoms with Crippen LogP contribution in [0.2, 0.25) is 0 Å². The standard InChI is InChI=1S/C27H20F2N2O4S2/c1-37(34,35)30-27(33)26-25(19-5-2-3-6-23(19)32)20-13-16(24-7-4-12-36-24)9-11-22(20)31(26)15-17-8-10-18(28)14-21(17)29/h2-5,7-14H,6,15H2,1H3,(H,30,33). The number of carbonyl (C=O) groups is 2. The van der Waals surface area contributed by atoms with Gasteiger partial charge in [0.05, 0.1) is 12.8 Å². The molecule has 1 amide bonds. The van der Waals surface area contributed by atoms with E-state index in [9.17, 15) is 26.8 Å². The van der Waals surface area contributed by atoms with Gasteiger partial charge in [-0.2, -0.15) is 0 Å². The molecule has 0 atom stereocenters. The van der Waals surface area contributed by atoms with E-state index < -0.39 is 27.6 Å². The van der Waals surface area contributed by atoms with Gasteiger partial charge in [0.15, 0.2) is 5.78 Å². The minimum atomic E-state index is -3.97. The molecule has 0 unspecified atom stereocenters. The van der Waals surface area contributed by atoms with Gasteiger partial charge in [-0.25, -0.2) is 21.9 Å². The van der Waals surface area contributed by atoms with Crippen molar-refractivity contribution in [1.29, 1.82) is 0 Å². The zero-order valence-corrected chi connectivity index (χ0v) is 21.1. The predicted molar refractivity (Wildman–Crippen MR) is 140 cm³/mol. The van der Waals surface area contributed by atoms with Crippen molar-refractivity contribution in [2.24, 2.45) is 0 Å². The fourth-order valence-corrected chi connectivity index (χ4v) is 5.58. The highest BCUT2D eigenvalue weighted by atomic mass is 32.2. The molecule has 0 saturated carbocycles. The number of Topliss-reactive ketones (excluding diaryl/α,β-unsaturated/α-hetero) is 1. The van der Waals surface area contributed by atoms with E-state index in [2.05, 4.69) is 0 Å². The van der Waals surface area contributed by atoms with E-state index in [1.54, 1.807) is 24.3 Å². The second-order valence-corrected chi connectivity index (χ2v) is 11.3. The maximum Gasteiger partial charge on any atom is 0.282 e. The molecule has 0 saturated heterocycles. The Labute approximate surface area is 215 Å². The van der Waals surface area contributed by atoms with Crippen LogP contribution in [0.3, 0.4) is 0 Å². The van der Waals surface area contributed by atoms with Gasteiger partial charge in [0.2, 0.25) is 10.0 Å². The van der Waals surface area contributed by atoms with Crippen LogP contribution in [0, 0.1) is 11.6 Å². The lowest BCUT2D eigenvalue weighted by atomic mass is 9.93. The number of amides is 1. The number of nitrogens with one attached hydrogen (secondary N) is 1. The molecule has 5 rings (SSSR count). The van der Waals surface area contributed by atoms with Crippen LogP contribution in [0.4, 0.5) is 8.78 Å². The summed E-state index contributed by atoms with van der Waals surface area (Å²) in [6.07, 6.45) is 5.92. The van der Waals surface area contributed by atoms with Crippen LogP contribution in [0.5, 0.6) is 0 Å². The predicted octanol–water partition coefficient (Wildman–Crippen LogP) is 5.30. The second kappa shape index (κ2) is 9.53. The van der Waals surface area contributed by atoms with E-state index in [1.807, 2.05) is 34.4 Å². The third-order valence-corrected chi connectivity index (χ3v) is 7.45. The summed E-state index contributed by atoms with van der Waals surface area (Å²) in [5.41, 5.74) is 1.80. The van der Waals surface area contributed by atoms with Crippen molar-refractivity contribution in [2.75, 3.05) is 6.26 Å². The third kappa shape index (κ3) is 4.90. The average molecular weight is 539 g/mol. The summed E-state index contributed by atoms with van der Waals surface area (Å²) in [5.74, 6) is -2.77. The molecule has 0 radical (unpaired) electrons. The molecule has 2 aromatic carbocycles. The van der Waals surface area contributed by atoms with E-state index in [-0.39, 0.29) is 41.1 Å². The van der Waals surface area contributed by atoms with E-state index in [0.717, 1.165) is 28.8 Å². The second-order valence-electron chi connectivity index (χ2n) is 8.59. The molecule has 4 aromatic rings. The number of ketones is 1. The Morgan fingerprint density at radius 3 is 2.62 bits per heavy atom. The molecule has 188 valence electrons. The normalized spacial score (nSPS) is 13.7. The molecule has 37 heavy (non-hydrogen) atoms. The summed E-state index contributed by atoms with van der Waals surface area (Å²) in [7, 11) is -3.97. The zero-order valence-electron chi connectivity index (χ0n) is 19.5. The van der Waals surface area contributed by atoms with E-state index >= 15 is 0 Å². The van der Waals surface area contributed by atoms with Gasteiger partial charge in [0.1, 0.15) is 17.3 Å². The molecular weight excluding hydrogens is 518 g/mol. The molecule has 0 spiro atoms. The summed E-state index contributed by atoms with van der Waals surface area (Å²) < 4.78 is 55.8. The molecule has 1 N–H and O–H groups in total. The molecule has 0 fully saturated rings. The van der Waals surface area contributed by atoms with Gasteiger partial charge in [0, 0.05) is 45.0 Å². The van der Waals surface area contributed by atoms with Crippen LogP contribution in [0.1, 0.15) is 28.0 Å². The topological polar surface area (TPSA) is 85.2 Å². The Balaban J connectivity index is 1.84. The van der Waals surface area contributed by atoms with E-state index in [1.165, 1.54) is 22.0 Å². The quantitative estimate of drug-likeness (QED) is 0.361. The number of hydrogen-bond acceptors (Lipinski definition) is 5. The lowest BCUT2D eigenvalue weighted by Gasteiger charge is -2.14. The zero-order chi connectivity index (χ0) is 26.3. The van der Waals surface area contributed by atoms with Gasteiger partial charge < -0.3 is 4.57 Å². The smallest absolute Gasteiger partial charge is 0.282 e. The van der Waals surface area contributed by atoms with Crippen LogP contribution < -0.4 is 4.72 Å². The first-order valence-electron chi connectivity index (χ1n) is 11.2. The van der Waals surface area contributed by atoms with Crippen molar-refractivity contribution in [3.05, 3.63) is 101 Å². The number of halogens is 2. The Morgan fingerprint density at radius 2 is 1.95 bits per heavy atom. The highest BCUT2D eigenvalue weighted by Crippen LogP contribution is 2.38. The monoisotopic (exact) mass is 538 g/mol.